The van der Waals surface area contributed by atoms with Crippen molar-refractivity contribution < 1.29 is 14.6 Å². The van der Waals surface area contributed by atoms with Crippen molar-refractivity contribution in [2.45, 2.75) is 0 Å². The molecule has 3 aromatic rings. The highest BCUT2D eigenvalue weighted by Gasteiger charge is 2.10. The van der Waals surface area contributed by atoms with Crippen molar-refractivity contribution in [1.82, 2.24) is 4.98 Å². The molecule has 0 saturated heterocycles. The van der Waals surface area contributed by atoms with E-state index in [0.29, 0.717) is 24.8 Å². The Morgan fingerprint density at radius 2 is 1.96 bits per heavy atom. The molecule has 0 aliphatic heterocycles. The van der Waals surface area contributed by atoms with Gasteiger partial charge < -0.3 is 19.9 Å². The predicted molar refractivity (Wildman–Crippen MR) is 97.2 cm³/mol. The zero-order valence-corrected chi connectivity index (χ0v) is 14.1. The van der Waals surface area contributed by atoms with Gasteiger partial charge in [0, 0.05) is 22.3 Å². The zero-order valence-electron chi connectivity index (χ0n) is 13.4. The number of aliphatic hydroxyl groups excluding tert-OH is 1. The monoisotopic (exact) mass is 346 g/mol. The molecule has 1 aromatic heterocycles. The number of nitrogens with zero attached hydrogens (tertiary/aromatic N) is 1. The number of methoxy groups -OCH3 is 1. The summed E-state index contributed by atoms with van der Waals surface area (Å²) in [6.45, 7) is 1.48. The van der Waals surface area contributed by atoms with Crippen LogP contribution in [0.3, 0.4) is 0 Å². The number of anilines is 1. The van der Waals surface area contributed by atoms with E-state index in [2.05, 4.69) is 10.3 Å². The highest BCUT2D eigenvalue weighted by molar-refractivity contribution is 6.31. The summed E-state index contributed by atoms with van der Waals surface area (Å²) < 4.78 is 10.7. The van der Waals surface area contributed by atoms with Crippen molar-refractivity contribution in [3.63, 3.8) is 0 Å². The summed E-state index contributed by atoms with van der Waals surface area (Å²) in [7, 11) is 1.64. The number of nitrogens with one attached hydrogen (secondary N) is 1. The third-order valence-electron chi connectivity index (χ3n) is 3.73. The summed E-state index contributed by atoms with van der Waals surface area (Å²) in [5.41, 5.74) is 2.67. The van der Waals surface area contributed by atoms with Gasteiger partial charge in [0.2, 0.25) is 0 Å². The molecule has 1 heterocycles. The summed E-state index contributed by atoms with van der Waals surface area (Å²) >= 11 is 6.11. The molecular weight excluding hydrogens is 328 g/mol. The molecular formula is C18H19ClN2O3. The van der Waals surface area contributed by atoms with Gasteiger partial charge in [-0.3, -0.25) is 0 Å². The lowest BCUT2D eigenvalue weighted by Crippen LogP contribution is -2.12. The maximum absolute atomic E-state index is 8.77. The zero-order chi connectivity index (χ0) is 16.9. The SMILES string of the molecule is COc1ccc2nc3cc(Cl)ccc3c(NCCOCCO)c2c1. The van der Waals surface area contributed by atoms with Gasteiger partial charge in [-0.05, 0) is 36.4 Å². The predicted octanol–water partition coefficient (Wildman–Crippen LogP) is 3.47. The second-order valence-corrected chi connectivity index (χ2v) is 5.73. The first-order valence-electron chi connectivity index (χ1n) is 7.72. The second kappa shape index (κ2) is 7.66. The molecule has 2 N–H and O–H groups in total. The van der Waals surface area contributed by atoms with E-state index in [1.165, 1.54) is 0 Å². The molecule has 0 saturated carbocycles. The molecule has 0 aliphatic carbocycles. The van der Waals surface area contributed by atoms with Crippen LogP contribution in [0.4, 0.5) is 5.69 Å². The summed E-state index contributed by atoms with van der Waals surface area (Å²) in [6, 6.07) is 11.5. The van der Waals surface area contributed by atoms with E-state index < -0.39 is 0 Å². The van der Waals surface area contributed by atoms with Gasteiger partial charge in [-0.15, -0.1) is 0 Å². The summed E-state index contributed by atoms with van der Waals surface area (Å²) in [5, 5.41) is 14.8. The van der Waals surface area contributed by atoms with Crippen molar-refractivity contribution >= 4 is 39.1 Å². The Bertz CT molecular complexity index is 854. The Morgan fingerprint density at radius 1 is 1.08 bits per heavy atom. The second-order valence-electron chi connectivity index (χ2n) is 5.29. The van der Waals surface area contributed by atoms with Crippen molar-refractivity contribution in [3.05, 3.63) is 41.4 Å². The van der Waals surface area contributed by atoms with E-state index in [9.17, 15) is 0 Å². The van der Waals surface area contributed by atoms with Crippen molar-refractivity contribution in [3.8, 4) is 5.75 Å². The summed E-state index contributed by atoms with van der Waals surface area (Å²) in [5.74, 6) is 0.775. The fraction of sp³-hybridized carbons (Fsp3) is 0.278. The number of fused-ring (bicyclic) bond motifs is 2. The Balaban J connectivity index is 2.05. The molecule has 2 aromatic carbocycles. The molecule has 0 unspecified atom stereocenters. The van der Waals surface area contributed by atoms with E-state index in [1.807, 2.05) is 36.4 Å². The van der Waals surface area contributed by atoms with Crippen LogP contribution in [0.5, 0.6) is 5.75 Å². The van der Waals surface area contributed by atoms with Crippen LogP contribution in [-0.4, -0.2) is 43.6 Å². The fourth-order valence-corrected chi connectivity index (χ4v) is 2.80. The maximum Gasteiger partial charge on any atom is 0.119 e. The molecule has 0 aliphatic rings. The first-order valence-corrected chi connectivity index (χ1v) is 8.10. The topological polar surface area (TPSA) is 63.6 Å². The lowest BCUT2D eigenvalue weighted by molar-refractivity contribution is 0.0992. The van der Waals surface area contributed by atoms with Gasteiger partial charge >= 0.3 is 0 Å². The average molecular weight is 347 g/mol. The Labute approximate surface area is 145 Å². The number of benzene rings is 2. The van der Waals surface area contributed by atoms with Crippen LogP contribution >= 0.6 is 11.6 Å². The normalized spacial score (nSPS) is 11.1. The van der Waals surface area contributed by atoms with E-state index in [1.54, 1.807) is 7.11 Å². The number of ether oxygens (including phenoxy) is 2. The number of rotatable bonds is 7. The summed E-state index contributed by atoms with van der Waals surface area (Å²) in [6.07, 6.45) is 0. The quantitative estimate of drug-likeness (QED) is 0.506. The third kappa shape index (κ3) is 3.53. The molecule has 5 nitrogen and oxygen atoms in total. The molecule has 0 bridgehead atoms. The lowest BCUT2D eigenvalue weighted by Gasteiger charge is -2.14. The Hall–Kier alpha value is -2.08. The van der Waals surface area contributed by atoms with Gasteiger partial charge in [-0.2, -0.15) is 0 Å². The molecule has 0 spiro atoms. The number of halogens is 1. The smallest absolute Gasteiger partial charge is 0.119 e. The van der Waals surface area contributed by atoms with Crippen LogP contribution in [0.2, 0.25) is 5.02 Å². The highest BCUT2D eigenvalue weighted by Crippen LogP contribution is 2.34. The van der Waals surface area contributed by atoms with Gasteiger partial charge in [-0.1, -0.05) is 11.6 Å². The number of aliphatic hydroxyl groups is 1. The minimum atomic E-state index is 0.0246. The maximum atomic E-state index is 8.77. The molecule has 126 valence electrons. The van der Waals surface area contributed by atoms with Crippen LogP contribution < -0.4 is 10.1 Å². The Kier molecular flexibility index (Phi) is 5.35. The minimum Gasteiger partial charge on any atom is -0.497 e. The van der Waals surface area contributed by atoms with Gasteiger partial charge in [0.1, 0.15) is 5.75 Å². The molecule has 0 radical (unpaired) electrons. The van der Waals surface area contributed by atoms with Crippen LogP contribution in [0, 0.1) is 0 Å². The van der Waals surface area contributed by atoms with Crippen molar-refractivity contribution in [2.75, 3.05) is 38.8 Å². The molecule has 24 heavy (non-hydrogen) atoms. The van der Waals surface area contributed by atoms with Crippen molar-refractivity contribution in [1.29, 1.82) is 0 Å². The van der Waals surface area contributed by atoms with Gasteiger partial charge in [0.25, 0.3) is 0 Å². The molecule has 0 amide bonds. The van der Waals surface area contributed by atoms with E-state index in [-0.39, 0.29) is 6.61 Å². The third-order valence-corrected chi connectivity index (χ3v) is 3.96. The number of hydrogen-bond acceptors (Lipinski definition) is 5. The molecule has 6 heteroatoms. The van der Waals surface area contributed by atoms with Gasteiger partial charge in [-0.25, -0.2) is 4.98 Å². The molecule has 3 rings (SSSR count). The molecule has 0 atom stereocenters. The standard InChI is InChI=1S/C18H19ClN2O3/c1-23-13-3-5-16-15(11-13)18(20-6-8-24-9-7-22)14-4-2-12(19)10-17(14)21-16/h2-5,10-11,22H,6-9H2,1H3,(H,20,21). The molecule has 0 fully saturated rings. The number of pyridine rings is 1. The summed E-state index contributed by atoms with van der Waals surface area (Å²) in [4.78, 5) is 4.69. The first kappa shape index (κ1) is 16.8. The van der Waals surface area contributed by atoms with Crippen LogP contribution in [0.15, 0.2) is 36.4 Å². The van der Waals surface area contributed by atoms with E-state index >= 15 is 0 Å². The van der Waals surface area contributed by atoms with E-state index in [0.717, 1.165) is 33.2 Å². The number of hydrogen-bond donors (Lipinski definition) is 2. The van der Waals surface area contributed by atoms with Crippen LogP contribution in [0.25, 0.3) is 21.8 Å². The lowest BCUT2D eigenvalue weighted by atomic mass is 10.1. The Morgan fingerprint density at radius 3 is 2.75 bits per heavy atom. The van der Waals surface area contributed by atoms with E-state index in [4.69, 9.17) is 26.2 Å². The van der Waals surface area contributed by atoms with Gasteiger partial charge in [0.15, 0.2) is 0 Å². The first-order chi connectivity index (χ1) is 11.7. The van der Waals surface area contributed by atoms with Crippen LogP contribution in [-0.2, 0) is 4.74 Å². The van der Waals surface area contributed by atoms with Crippen LogP contribution in [0.1, 0.15) is 0 Å². The largest absolute Gasteiger partial charge is 0.497 e. The highest BCUT2D eigenvalue weighted by atomic mass is 35.5. The fourth-order valence-electron chi connectivity index (χ4n) is 2.63. The minimum absolute atomic E-state index is 0.0246. The van der Waals surface area contributed by atoms with Crippen molar-refractivity contribution in [2.24, 2.45) is 0 Å². The average Bonchev–Trinajstić information content (AvgIpc) is 2.60. The van der Waals surface area contributed by atoms with Gasteiger partial charge in [0.05, 0.1) is 43.7 Å². The number of aromatic nitrogens is 1.